The van der Waals surface area contributed by atoms with Crippen molar-refractivity contribution in [3.05, 3.63) is 95.6 Å². The van der Waals surface area contributed by atoms with E-state index in [4.69, 9.17) is 9.05 Å². The Kier molecular flexibility index (Phi) is 6.08. The molecule has 0 N–H and O–H groups in total. The molecule has 1 unspecified atom stereocenters. The zero-order valence-corrected chi connectivity index (χ0v) is 19.1. The van der Waals surface area contributed by atoms with E-state index in [0.29, 0.717) is 17.7 Å². The first-order valence-electron chi connectivity index (χ1n) is 9.75. The summed E-state index contributed by atoms with van der Waals surface area (Å²) in [6, 6.07) is 26.5. The summed E-state index contributed by atoms with van der Waals surface area (Å²) in [5.41, 5.74) is 3.16. The molecule has 3 aromatic rings. The summed E-state index contributed by atoms with van der Waals surface area (Å²) in [6.07, 6.45) is 0.973. The van der Waals surface area contributed by atoms with E-state index >= 15 is 0 Å². The summed E-state index contributed by atoms with van der Waals surface area (Å²) in [5.74, 6) is 0.673. The molecule has 0 aliphatic carbocycles. The Morgan fingerprint density at radius 1 is 0.897 bits per heavy atom. The summed E-state index contributed by atoms with van der Waals surface area (Å²) in [4.78, 5) is 0. The Morgan fingerprint density at radius 3 is 2.28 bits per heavy atom. The third-order valence-electron chi connectivity index (χ3n) is 4.75. The van der Waals surface area contributed by atoms with Crippen LogP contribution < -0.4 is 9.77 Å². The van der Waals surface area contributed by atoms with Crippen LogP contribution in [0.5, 0.6) is 0 Å². The zero-order valence-electron chi connectivity index (χ0n) is 16.5. The van der Waals surface area contributed by atoms with Crippen molar-refractivity contribution in [2.24, 2.45) is 0 Å². The van der Waals surface area contributed by atoms with Gasteiger partial charge in [-0.05, 0) is 0 Å². The van der Waals surface area contributed by atoms with Gasteiger partial charge in [0.2, 0.25) is 0 Å². The van der Waals surface area contributed by atoms with Gasteiger partial charge in [0.05, 0.1) is 0 Å². The van der Waals surface area contributed by atoms with E-state index in [1.165, 1.54) is 10.0 Å². The molecule has 148 valence electrons. The van der Waals surface area contributed by atoms with Crippen molar-refractivity contribution in [2.45, 2.75) is 20.3 Å². The Hall–Kier alpha value is -2.09. The van der Waals surface area contributed by atoms with Gasteiger partial charge in [-0.3, -0.25) is 0 Å². The number of aryl methyl sites for hydroxylation is 1. The molecule has 0 spiro atoms. The second kappa shape index (κ2) is 8.73. The molecule has 3 nitrogen and oxygen atoms in total. The van der Waals surface area contributed by atoms with E-state index < -0.39 is 7.60 Å². The van der Waals surface area contributed by atoms with E-state index in [1.54, 1.807) is 0 Å². The van der Waals surface area contributed by atoms with Gasteiger partial charge in [-0.2, -0.15) is 0 Å². The fraction of sp³-hybridized carbons (Fsp3) is 0.167. The number of hydrogen-bond donors (Lipinski definition) is 0. The first-order valence-corrected chi connectivity index (χ1v) is 13.0. The number of rotatable bonds is 6. The third-order valence-corrected chi connectivity index (χ3v) is 9.09. The van der Waals surface area contributed by atoms with Crippen LogP contribution in [-0.2, 0) is 20.0 Å². The monoisotopic (exact) mass is 470 g/mol. The molecular weight excluding hydrogens is 446 g/mol. The van der Waals surface area contributed by atoms with Crippen molar-refractivity contribution < 1.29 is 13.6 Å². The Morgan fingerprint density at radius 2 is 1.59 bits per heavy atom. The van der Waals surface area contributed by atoms with Crippen LogP contribution in [0.4, 0.5) is 0 Å². The van der Waals surface area contributed by atoms with Crippen LogP contribution in [0.2, 0.25) is 0 Å². The molecule has 1 atom stereocenters. The maximum atomic E-state index is 13.7. The minimum absolute atomic E-state index is 0.00636. The predicted molar refractivity (Wildman–Crippen MR) is 121 cm³/mol. The Labute approximate surface area is 178 Å². The van der Waals surface area contributed by atoms with Crippen molar-refractivity contribution in [1.82, 2.24) is 0 Å². The molecule has 0 fully saturated rings. The second-order valence-electron chi connectivity index (χ2n) is 6.65. The summed E-state index contributed by atoms with van der Waals surface area (Å²) >= 11 is -0.00636. The van der Waals surface area contributed by atoms with Crippen LogP contribution in [0.15, 0.2) is 78.9 Å². The Bertz CT molecular complexity index is 1070. The van der Waals surface area contributed by atoms with Gasteiger partial charge in [0.15, 0.2) is 0 Å². The molecule has 1 heterocycles. The average molecular weight is 469 g/mol. The maximum absolute atomic E-state index is 13.7. The quantitative estimate of drug-likeness (QED) is 0.377. The molecule has 0 radical (unpaired) electrons. The SMILES string of the molecule is CCOP1(=O)OC(c2ccc(CC)cc2)=C([Se]c2ccccc2)c2ccccc21. The summed E-state index contributed by atoms with van der Waals surface area (Å²) in [7, 11) is -3.43. The van der Waals surface area contributed by atoms with E-state index in [2.05, 4.69) is 43.3 Å². The molecule has 3 aromatic carbocycles. The van der Waals surface area contributed by atoms with E-state index in [9.17, 15) is 4.57 Å². The van der Waals surface area contributed by atoms with Gasteiger partial charge in [-0.25, -0.2) is 0 Å². The van der Waals surface area contributed by atoms with Crippen molar-refractivity contribution in [3.8, 4) is 0 Å². The number of hydrogen-bond acceptors (Lipinski definition) is 3. The average Bonchev–Trinajstić information content (AvgIpc) is 2.77. The third kappa shape index (κ3) is 4.13. The van der Waals surface area contributed by atoms with Gasteiger partial charge in [0, 0.05) is 0 Å². The van der Waals surface area contributed by atoms with Gasteiger partial charge < -0.3 is 0 Å². The van der Waals surface area contributed by atoms with Crippen molar-refractivity contribution in [1.29, 1.82) is 0 Å². The predicted octanol–water partition coefficient (Wildman–Crippen LogP) is 4.99. The van der Waals surface area contributed by atoms with Crippen LogP contribution in [0.1, 0.15) is 30.5 Å². The molecule has 5 heteroatoms. The van der Waals surface area contributed by atoms with Gasteiger partial charge in [-0.15, -0.1) is 0 Å². The molecule has 4 rings (SSSR count). The fourth-order valence-electron chi connectivity index (χ4n) is 3.29. The zero-order chi connectivity index (χ0) is 20.3. The number of fused-ring (bicyclic) bond motifs is 1. The molecular formula is C24H23O3PSe. The molecule has 0 saturated heterocycles. The summed E-state index contributed by atoms with van der Waals surface area (Å²) in [5, 5.41) is 0.656. The van der Waals surface area contributed by atoms with Gasteiger partial charge in [0.1, 0.15) is 0 Å². The van der Waals surface area contributed by atoms with Crippen molar-refractivity contribution in [2.75, 3.05) is 6.61 Å². The molecule has 29 heavy (non-hydrogen) atoms. The van der Waals surface area contributed by atoms with Crippen LogP contribution in [0, 0.1) is 0 Å². The molecule has 0 amide bonds. The first kappa shape index (κ1) is 20.2. The van der Waals surface area contributed by atoms with Crippen molar-refractivity contribution in [3.63, 3.8) is 0 Å². The first-order chi connectivity index (χ1) is 14.1. The molecule has 1 aliphatic rings. The summed E-state index contributed by atoms with van der Waals surface area (Å²) < 4.78 is 27.9. The minimum atomic E-state index is -3.43. The number of benzene rings is 3. The van der Waals surface area contributed by atoms with E-state index in [-0.39, 0.29) is 15.0 Å². The molecule has 0 bridgehead atoms. The molecule has 0 aromatic heterocycles. The second-order valence-corrected chi connectivity index (χ2v) is 10.8. The van der Waals surface area contributed by atoms with Crippen LogP contribution >= 0.6 is 7.60 Å². The molecule has 0 saturated carbocycles. The van der Waals surface area contributed by atoms with E-state index in [1.807, 2.05) is 49.4 Å². The van der Waals surface area contributed by atoms with Crippen molar-refractivity contribution >= 4 is 42.5 Å². The topological polar surface area (TPSA) is 35.5 Å². The van der Waals surface area contributed by atoms with Gasteiger partial charge in [-0.1, -0.05) is 0 Å². The van der Waals surface area contributed by atoms with Gasteiger partial charge in [0.25, 0.3) is 0 Å². The van der Waals surface area contributed by atoms with Crippen LogP contribution in [-0.4, -0.2) is 21.6 Å². The van der Waals surface area contributed by atoms with E-state index in [0.717, 1.165) is 22.0 Å². The standard InChI is InChI=1S/C24H23O3PSe/c1-3-18-14-16-19(17-15-18)23-24(29-20-10-6-5-7-11-20)21-12-8-9-13-22(21)28(25,27-23)26-4-2/h5-17H,3-4H2,1-2H3. The van der Waals surface area contributed by atoms with Gasteiger partial charge >= 0.3 is 179 Å². The molecule has 1 aliphatic heterocycles. The fourth-order valence-corrected chi connectivity index (χ4v) is 7.66. The Balaban J connectivity index is 1.91. The normalized spacial score (nSPS) is 18.3. The summed E-state index contributed by atoms with van der Waals surface area (Å²) in [6.45, 7) is 4.30. The van der Waals surface area contributed by atoms with Crippen LogP contribution in [0.3, 0.4) is 0 Å². The van der Waals surface area contributed by atoms with Crippen LogP contribution in [0.25, 0.3) is 10.2 Å².